The van der Waals surface area contributed by atoms with E-state index in [0.717, 1.165) is 29.8 Å². The molecule has 37 heavy (non-hydrogen) atoms. The number of nitrogens with zero attached hydrogens (tertiary/aromatic N) is 6. The molecule has 3 aromatic rings. The maximum atomic E-state index is 12.3. The lowest BCUT2D eigenvalue weighted by atomic mass is 9.87. The average Bonchev–Trinajstić information content (AvgIpc) is 3.28. The molecule has 2 unspecified atom stereocenters. The van der Waals surface area contributed by atoms with E-state index in [2.05, 4.69) is 25.4 Å². The maximum Gasteiger partial charge on any atom is 0.306 e. The Morgan fingerprint density at radius 3 is 2.92 bits per heavy atom. The lowest BCUT2D eigenvalue weighted by molar-refractivity contribution is -0.143. The first-order valence-corrected chi connectivity index (χ1v) is 12.5. The summed E-state index contributed by atoms with van der Waals surface area (Å²) in [5.41, 5.74) is 2.35. The Hall–Kier alpha value is -3.83. The number of aliphatic carboxylic acids is 1. The van der Waals surface area contributed by atoms with Crippen LogP contribution in [-0.4, -0.2) is 60.2 Å². The molecule has 3 aromatic heterocycles. The standard InChI is InChI=1S/C25H32FN7O4/c1-3-19-21(37-17-7-4-6-16(12-17)24(34)35)15-28-23(31-19)18-13-30-33(2)20(18)14-29-25-27-10-8-22(32-25)36-11-5-9-26/h8,10,13,15-17H,3-7,9,11-12,14H2,1-2H3,(H,34,35)(H,27,29,32). The number of carbonyl (C=O) groups is 1. The van der Waals surface area contributed by atoms with Gasteiger partial charge in [0.05, 0.1) is 61.2 Å². The summed E-state index contributed by atoms with van der Waals surface area (Å²) in [4.78, 5) is 29.2. The Labute approximate surface area is 214 Å². The summed E-state index contributed by atoms with van der Waals surface area (Å²) in [5.74, 6) is 0.705. The van der Waals surface area contributed by atoms with Crippen molar-refractivity contribution in [1.29, 1.82) is 0 Å². The van der Waals surface area contributed by atoms with Crippen LogP contribution in [0.1, 0.15) is 50.4 Å². The van der Waals surface area contributed by atoms with E-state index in [4.69, 9.17) is 14.5 Å². The summed E-state index contributed by atoms with van der Waals surface area (Å²) in [7, 11) is 1.83. The van der Waals surface area contributed by atoms with Gasteiger partial charge >= 0.3 is 5.97 Å². The second-order valence-electron chi connectivity index (χ2n) is 8.89. The van der Waals surface area contributed by atoms with Crippen LogP contribution in [0.4, 0.5) is 10.3 Å². The monoisotopic (exact) mass is 513 g/mol. The molecule has 0 amide bonds. The van der Waals surface area contributed by atoms with Crippen LogP contribution in [0.3, 0.4) is 0 Å². The van der Waals surface area contributed by atoms with Gasteiger partial charge in [0.1, 0.15) is 0 Å². The van der Waals surface area contributed by atoms with E-state index in [9.17, 15) is 14.3 Å². The van der Waals surface area contributed by atoms with Crippen LogP contribution in [0.2, 0.25) is 0 Å². The molecule has 0 bridgehead atoms. The Kier molecular flexibility index (Phi) is 8.81. The fraction of sp³-hybridized carbons (Fsp3) is 0.520. The molecule has 4 rings (SSSR count). The highest BCUT2D eigenvalue weighted by molar-refractivity contribution is 5.70. The Balaban J connectivity index is 1.47. The molecular weight excluding hydrogens is 481 g/mol. The number of alkyl halides is 1. The van der Waals surface area contributed by atoms with Gasteiger partial charge < -0.3 is 19.9 Å². The fourth-order valence-corrected chi connectivity index (χ4v) is 4.30. The fourth-order valence-electron chi connectivity index (χ4n) is 4.30. The lowest BCUT2D eigenvalue weighted by Crippen LogP contribution is -2.29. The molecule has 1 fully saturated rings. The topological polar surface area (TPSA) is 137 Å². The van der Waals surface area contributed by atoms with Crippen LogP contribution in [-0.2, 0) is 24.8 Å². The van der Waals surface area contributed by atoms with Crippen molar-refractivity contribution >= 4 is 11.9 Å². The summed E-state index contributed by atoms with van der Waals surface area (Å²) < 4.78 is 25.7. The highest BCUT2D eigenvalue weighted by atomic mass is 19.1. The summed E-state index contributed by atoms with van der Waals surface area (Å²) in [5, 5.41) is 16.9. The minimum atomic E-state index is -0.769. The summed E-state index contributed by atoms with van der Waals surface area (Å²) >= 11 is 0. The van der Waals surface area contributed by atoms with Crippen molar-refractivity contribution in [1.82, 2.24) is 29.7 Å². The summed E-state index contributed by atoms with van der Waals surface area (Å²) in [6.45, 7) is 2.16. The van der Waals surface area contributed by atoms with Gasteiger partial charge in [0.15, 0.2) is 11.6 Å². The van der Waals surface area contributed by atoms with Gasteiger partial charge in [0.25, 0.3) is 0 Å². The zero-order valence-electron chi connectivity index (χ0n) is 21.1. The number of rotatable bonds is 12. The third kappa shape index (κ3) is 6.69. The number of carboxylic acid groups (broad SMARTS) is 1. The number of aryl methyl sites for hydroxylation is 2. The van der Waals surface area contributed by atoms with Crippen LogP contribution < -0.4 is 14.8 Å². The zero-order valence-corrected chi connectivity index (χ0v) is 21.1. The quantitative estimate of drug-likeness (QED) is 0.346. The van der Waals surface area contributed by atoms with Gasteiger partial charge in [0.2, 0.25) is 11.8 Å². The highest BCUT2D eigenvalue weighted by Crippen LogP contribution is 2.30. The van der Waals surface area contributed by atoms with Crippen LogP contribution in [0.15, 0.2) is 24.7 Å². The van der Waals surface area contributed by atoms with E-state index in [1.807, 2.05) is 14.0 Å². The highest BCUT2D eigenvalue weighted by Gasteiger charge is 2.29. The zero-order chi connectivity index (χ0) is 26.2. The summed E-state index contributed by atoms with van der Waals surface area (Å²) in [6, 6.07) is 1.62. The predicted molar refractivity (Wildman–Crippen MR) is 133 cm³/mol. The molecule has 2 atom stereocenters. The van der Waals surface area contributed by atoms with E-state index < -0.39 is 12.6 Å². The van der Waals surface area contributed by atoms with Crippen LogP contribution in [0, 0.1) is 5.92 Å². The molecule has 1 aliphatic rings. The molecule has 0 aromatic carbocycles. The Morgan fingerprint density at radius 2 is 2.14 bits per heavy atom. The number of hydrogen-bond acceptors (Lipinski definition) is 9. The minimum Gasteiger partial charge on any atom is -0.487 e. The molecule has 1 aliphatic carbocycles. The van der Waals surface area contributed by atoms with Crippen molar-refractivity contribution in [3.63, 3.8) is 0 Å². The van der Waals surface area contributed by atoms with Gasteiger partial charge in [-0.3, -0.25) is 13.9 Å². The van der Waals surface area contributed by atoms with Gasteiger partial charge in [0, 0.05) is 25.7 Å². The SMILES string of the molecule is CCc1nc(-c2cnn(C)c2CNc2nccc(OCCCF)n2)ncc1OC1CCCC(C(=O)O)C1. The molecule has 0 radical (unpaired) electrons. The molecule has 1 saturated carbocycles. The molecule has 11 nitrogen and oxygen atoms in total. The Morgan fingerprint density at radius 1 is 1.27 bits per heavy atom. The van der Waals surface area contributed by atoms with E-state index in [1.165, 1.54) is 0 Å². The molecule has 2 N–H and O–H groups in total. The predicted octanol–water partition coefficient (Wildman–Crippen LogP) is 3.60. The van der Waals surface area contributed by atoms with Crippen molar-refractivity contribution in [2.24, 2.45) is 13.0 Å². The normalized spacial score (nSPS) is 17.4. The van der Waals surface area contributed by atoms with Gasteiger partial charge in [-0.1, -0.05) is 6.92 Å². The second-order valence-corrected chi connectivity index (χ2v) is 8.89. The molecule has 3 heterocycles. The van der Waals surface area contributed by atoms with Gasteiger partial charge in [-0.2, -0.15) is 10.1 Å². The van der Waals surface area contributed by atoms with E-state index in [0.29, 0.717) is 55.6 Å². The molecule has 0 aliphatic heterocycles. The van der Waals surface area contributed by atoms with Gasteiger partial charge in [-0.25, -0.2) is 15.0 Å². The number of carboxylic acids is 1. The average molecular weight is 514 g/mol. The number of halogens is 1. The number of hydrogen-bond donors (Lipinski definition) is 2. The third-order valence-corrected chi connectivity index (χ3v) is 6.31. The molecule has 0 saturated heterocycles. The number of nitrogens with one attached hydrogen (secondary N) is 1. The first-order valence-electron chi connectivity index (χ1n) is 12.5. The van der Waals surface area contributed by atoms with Crippen molar-refractivity contribution in [3.05, 3.63) is 36.0 Å². The second kappa shape index (κ2) is 12.4. The molecule has 12 heteroatoms. The van der Waals surface area contributed by atoms with Gasteiger partial charge in [-0.05, 0) is 32.1 Å². The van der Waals surface area contributed by atoms with Crippen LogP contribution in [0.25, 0.3) is 11.4 Å². The van der Waals surface area contributed by atoms with Gasteiger partial charge in [-0.15, -0.1) is 0 Å². The third-order valence-electron chi connectivity index (χ3n) is 6.31. The minimum absolute atomic E-state index is 0.163. The first kappa shape index (κ1) is 26.2. The van der Waals surface area contributed by atoms with Crippen molar-refractivity contribution in [3.8, 4) is 23.0 Å². The molecular formula is C25H32FN7O4. The smallest absolute Gasteiger partial charge is 0.306 e. The first-order chi connectivity index (χ1) is 18.0. The molecule has 0 spiro atoms. The maximum absolute atomic E-state index is 12.3. The van der Waals surface area contributed by atoms with Crippen LogP contribution >= 0.6 is 0 Å². The van der Waals surface area contributed by atoms with Crippen molar-refractivity contribution in [2.45, 2.75) is 58.1 Å². The van der Waals surface area contributed by atoms with Crippen LogP contribution in [0.5, 0.6) is 11.6 Å². The number of ether oxygens (including phenoxy) is 2. The van der Waals surface area contributed by atoms with E-state index in [-0.39, 0.29) is 18.6 Å². The molecule has 198 valence electrons. The van der Waals surface area contributed by atoms with E-state index in [1.54, 1.807) is 29.3 Å². The van der Waals surface area contributed by atoms with E-state index >= 15 is 0 Å². The van der Waals surface area contributed by atoms with Crippen molar-refractivity contribution < 1.29 is 23.8 Å². The largest absolute Gasteiger partial charge is 0.487 e. The number of aromatic nitrogens is 6. The number of anilines is 1. The lowest BCUT2D eigenvalue weighted by Gasteiger charge is -2.27. The van der Waals surface area contributed by atoms with Crippen molar-refractivity contribution in [2.75, 3.05) is 18.6 Å². The Bertz CT molecular complexity index is 1210. The summed E-state index contributed by atoms with van der Waals surface area (Å²) in [6.07, 6.45) is 8.54.